The molecule has 0 spiro atoms. The molecule has 0 amide bonds. The summed E-state index contributed by atoms with van der Waals surface area (Å²) in [5.74, 6) is -4.39. The molecule has 11 heteroatoms. The van der Waals surface area contributed by atoms with E-state index >= 15 is 0 Å². The number of rotatable bonds is 8. The van der Waals surface area contributed by atoms with Crippen molar-refractivity contribution in [3.63, 3.8) is 0 Å². The summed E-state index contributed by atoms with van der Waals surface area (Å²) in [6.45, 7) is 0.0312. The maximum atomic E-state index is 11.4. The lowest BCUT2D eigenvalue weighted by Gasteiger charge is -2.19. The fourth-order valence-corrected chi connectivity index (χ4v) is 1.77. The molecule has 0 aliphatic carbocycles. The Kier molecular flexibility index (Phi) is 5.61. The molecule has 1 heterocycles. The summed E-state index contributed by atoms with van der Waals surface area (Å²) in [4.78, 5) is 43.9. The van der Waals surface area contributed by atoms with Crippen molar-refractivity contribution in [3.05, 3.63) is 18.2 Å². The third kappa shape index (κ3) is 5.57. The second-order valence-corrected chi connectivity index (χ2v) is 4.67. The zero-order valence-electron chi connectivity index (χ0n) is 12.6. The Balaban J connectivity index is 2.06. The van der Waals surface area contributed by atoms with E-state index in [1.54, 1.807) is 6.07 Å². The zero-order chi connectivity index (χ0) is 18.4. The Morgan fingerprint density at radius 3 is 2.12 bits per heavy atom. The van der Waals surface area contributed by atoms with E-state index in [4.69, 9.17) is 29.2 Å². The third-order valence-corrected chi connectivity index (χ3v) is 2.73. The first-order valence-corrected chi connectivity index (χ1v) is 6.82. The van der Waals surface area contributed by atoms with Gasteiger partial charge in [0, 0.05) is 11.8 Å². The van der Waals surface area contributed by atoms with Gasteiger partial charge in [0.2, 0.25) is 6.79 Å². The molecule has 0 bridgehead atoms. The van der Waals surface area contributed by atoms with Crippen molar-refractivity contribution < 1.29 is 48.3 Å². The molecule has 0 radical (unpaired) electrons. The second-order valence-electron chi connectivity index (χ2n) is 4.67. The number of aliphatic carboxylic acids is 2. The lowest BCUT2D eigenvalue weighted by Crippen LogP contribution is -2.33. The van der Waals surface area contributed by atoms with Crippen LogP contribution in [0.5, 0.6) is 11.5 Å². The smallest absolute Gasteiger partial charge is 0.329 e. The second kappa shape index (κ2) is 7.86. The highest BCUT2D eigenvalue weighted by Crippen LogP contribution is 2.34. The molecule has 1 aromatic rings. The van der Waals surface area contributed by atoms with Crippen LogP contribution in [0.3, 0.4) is 0 Å². The number of benzene rings is 1. The molecule has 0 aromatic heterocycles. The fourth-order valence-electron chi connectivity index (χ4n) is 1.77. The van der Waals surface area contributed by atoms with Crippen molar-refractivity contribution in [3.8, 4) is 11.5 Å². The Hall–Kier alpha value is -3.50. The Labute approximate surface area is 140 Å². The summed E-state index contributed by atoms with van der Waals surface area (Å²) in [6.07, 6.45) is -3.65. The number of carboxylic acids is 2. The van der Waals surface area contributed by atoms with Gasteiger partial charge in [-0.2, -0.15) is 0 Å². The largest absolute Gasteiger partial charge is 0.481 e. The van der Waals surface area contributed by atoms with E-state index in [0.717, 1.165) is 0 Å². The van der Waals surface area contributed by atoms with E-state index in [1.165, 1.54) is 12.1 Å². The van der Waals surface area contributed by atoms with Gasteiger partial charge >= 0.3 is 30.3 Å². The van der Waals surface area contributed by atoms with Crippen LogP contribution in [-0.2, 0) is 28.7 Å². The van der Waals surface area contributed by atoms with Gasteiger partial charge < -0.3 is 34.5 Å². The lowest BCUT2D eigenvalue weighted by atomic mass is 10.3. The van der Waals surface area contributed by atoms with Crippen LogP contribution in [0.4, 0.5) is 5.69 Å². The molecule has 2 rings (SSSR count). The van der Waals surface area contributed by atoms with Gasteiger partial charge in [0.15, 0.2) is 11.5 Å². The van der Waals surface area contributed by atoms with Gasteiger partial charge in [-0.25, -0.2) is 0 Å². The van der Waals surface area contributed by atoms with Crippen molar-refractivity contribution in [1.29, 1.82) is 0 Å². The van der Waals surface area contributed by atoms with E-state index in [2.05, 4.69) is 5.32 Å². The van der Waals surface area contributed by atoms with Crippen molar-refractivity contribution in [2.45, 2.75) is 19.3 Å². The minimum Gasteiger partial charge on any atom is -0.481 e. The van der Waals surface area contributed by atoms with Gasteiger partial charge in [0.1, 0.15) is 12.8 Å². The van der Waals surface area contributed by atoms with Crippen LogP contribution in [0, 0.1) is 0 Å². The summed E-state index contributed by atoms with van der Waals surface area (Å²) in [5.41, 5.74) is 0.292. The van der Waals surface area contributed by atoms with Gasteiger partial charge in [0.05, 0.1) is 0 Å². The normalized spacial score (nSPS) is 11.7. The lowest BCUT2D eigenvalue weighted by molar-refractivity contribution is -0.183. The number of fused-ring (bicyclic) bond motifs is 1. The molecule has 0 saturated carbocycles. The SMILES string of the molecule is O=C(O)CC(=O)OC(Nc1ccc2c(c1)OCO2)OC(=O)CC(=O)O. The predicted molar refractivity (Wildman–Crippen MR) is 76.7 cm³/mol. The maximum Gasteiger partial charge on any atom is 0.329 e. The molecule has 0 fully saturated rings. The first-order chi connectivity index (χ1) is 11.8. The summed E-state index contributed by atoms with van der Waals surface area (Å²) in [6, 6.07) is 4.50. The predicted octanol–water partition coefficient (Wildman–Crippen LogP) is 0.147. The third-order valence-electron chi connectivity index (χ3n) is 2.73. The number of carbonyl (C=O) groups excluding carboxylic acids is 2. The molecule has 0 unspecified atom stereocenters. The van der Waals surface area contributed by atoms with Gasteiger partial charge in [-0.05, 0) is 12.1 Å². The molecule has 0 atom stereocenters. The number of hydrogen-bond acceptors (Lipinski definition) is 9. The average Bonchev–Trinajstić information content (AvgIpc) is 2.92. The van der Waals surface area contributed by atoms with Gasteiger partial charge in [-0.1, -0.05) is 0 Å². The highest BCUT2D eigenvalue weighted by atomic mass is 16.7. The van der Waals surface area contributed by atoms with E-state index in [-0.39, 0.29) is 6.79 Å². The minimum atomic E-state index is -1.72. The van der Waals surface area contributed by atoms with Crippen LogP contribution >= 0.6 is 0 Å². The topological polar surface area (TPSA) is 158 Å². The molecule has 3 N–H and O–H groups in total. The molecular weight excluding hydrogens is 342 g/mol. The average molecular weight is 355 g/mol. The molecule has 0 saturated heterocycles. The molecule has 1 aliphatic heterocycles. The van der Waals surface area contributed by atoms with Crippen LogP contribution < -0.4 is 14.8 Å². The molecule has 134 valence electrons. The molecule has 1 aromatic carbocycles. The standard InChI is InChI=1S/C14H13NO10/c16-10(17)4-12(20)24-14(25-13(21)5-11(18)19)15-7-1-2-8-9(3-7)23-6-22-8/h1-3,14-15H,4-6H2,(H,16,17)(H,18,19). The number of ether oxygens (including phenoxy) is 4. The summed E-state index contributed by atoms with van der Waals surface area (Å²) < 4.78 is 19.7. The van der Waals surface area contributed by atoms with Crippen LogP contribution in [0.1, 0.15) is 12.8 Å². The molecule has 11 nitrogen and oxygen atoms in total. The van der Waals surface area contributed by atoms with Crippen LogP contribution in [0.15, 0.2) is 18.2 Å². The minimum absolute atomic E-state index is 0.0312. The van der Waals surface area contributed by atoms with Crippen LogP contribution in [0.25, 0.3) is 0 Å². The molecular formula is C14H13NO10. The van der Waals surface area contributed by atoms with Crippen molar-refractivity contribution >= 4 is 29.6 Å². The Morgan fingerprint density at radius 2 is 1.56 bits per heavy atom. The maximum absolute atomic E-state index is 11.4. The van der Waals surface area contributed by atoms with Gasteiger partial charge in [-0.3, -0.25) is 19.2 Å². The number of esters is 2. The van der Waals surface area contributed by atoms with E-state index in [0.29, 0.717) is 17.2 Å². The summed E-state index contributed by atoms with van der Waals surface area (Å²) >= 11 is 0. The zero-order valence-corrected chi connectivity index (χ0v) is 12.6. The fraction of sp³-hybridized carbons (Fsp3) is 0.286. The first kappa shape index (κ1) is 17.8. The number of carboxylic acid groups (broad SMARTS) is 2. The van der Waals surface area contributed by atoms with E-state index in [9.17, 15) is 19.2 Å². The van der Waals surface area contributed by atoms with E-state index in [1.807, 2.05) is 0 Å². The van der Waals surface area contributed by atoms with Crippen molar-refractivity contribution in [2.75, 3.05) is 12.1 Å². The van der Waals surface area contributed by atoms with Crippen LogP contribution in [0.2, 0.25) is 0 Å². The van der Waals surface area contributed by atoms with Gasteiger partial charge in [-0.15, -0.1) is 0 Å². The highest BCUT2D eigenvalue weighted by Gasteiger charge is 2.23. The molecule has 1 aliphatic rings. The number of hydrogen-bond donors (Lipinski definition) is 3. The van der Waals surface area contributed by atoms with Crippen molar-refractivity contribution in [2.24, 2.45) is 0 Å². The van der Waals surface area contributed by atoms with Crippen molar-refractivity contribution in [1.82, 2.24) is 0 Å². The summed E-state index contributed by atoms with van der Waals surface area (Å²) in [5, 5.41) is 19.6. The summed E-state index contributed by atoms with van der Waals surface area (Å²) in [7, 11) is 0. The first-order valence-electron chi connectivity index (χ1n) is 6.82. The van der Waals surface area contributed by atoms with Gasteiger partial charge in [0.25, 0.3) is 0 Å². The number of nitrogens with one attached hydrogen (secondary N) is 1. The Bertz CT molecular complexity index is 671. The number of anilines is 1. The number of carbonyl (C=O) groups is 4. The van der Waals surface area contributed by atoms with E-state index < -0.39 is 43.1 Å². The molecule has 25 heavy (non-hydrogen) atoms. The van der Waals surface area contributed by atoms with Crippen LogP contribution in [-0.4, -0.2) is 47.3 Å². The quantitative estimate of drug-likeness (QED) is 0.331. The highest BCUT2D eigenvalue weighted by molar-refractivity contribution is 5.91. The monoisotopic (exact) mass is 355 g/mol. The Morgan fingerprint density at radius 1 is 1.00 bits per heavy atom.